The second-order valence-corrected chi connectivity index (χ2v) is 3.44. The standard InChI is InChI=1S/C9H11I/c1-8-4-2-3-5-9(8)6-7-10/h2-5H,6-7H2,1H3. The Morgan fingerprint density at radius 1 is 1.30 bits per heavy atom. The molecular weight excluding hydrogens is 235 g/mol. The highest BCUT2D eigenvalue weighted by Crippen LogP contribution is 2.08. The van der Waals surface area contributed by atoms with Crippen molar-refractivity contribution in [1.82, 2.24) is 0 Å². The molecule has 0 bridgehead atoms. The van der Waals surface area contributed by atoms with Gasteiger partial charge in [0, 0.05) is 4.43 Å². The van der Waals surface area contributed by atoms with Crippen molar-refractivity contribution in [3.8, 4) is 0 Å². The van der Waals surface area contributed by atoms with Gasteiger partial charge in [-0.1, -0.05) is 46.9 Å². The molecule has 0 nitrogen and oxygen atoms in total. The van der Waals surface area contributed by atoms with Crippen molar-refractivity contribution < 1.29 is 0 Å². The van der Waals surface area contributed by atoms with E-state index in [2.05, 4.69) is 53.8 Å². The van der Waals surface area contributed by atoms with Gasteiger partial charge in [0.25, 0.3) is 0 Å². The fourth-order valence-electron chi connectivity index (χ4n) is 0.992. The van der Waals surface area contributed by atoms with E-state index in [-0.39, 0.29) is 0 Å². The minimum absolute atomic E-state index is 1.20. The van der Waals surface area contributed by atoms with Crippen LogP contribution in [0.1, 0.15) is 11.1 Å². The molecule has 0 spiro atoms. The predicted octanol–water partition coefficient (Wildman–Crippen LogP) is 2.97. The number of halogens is 1. The molecule has 1 rings (SSSR count). The average molecular weight is 246 g/mol. The minimum atomic E-state index is 1.20. The van der Waals surface area contributed by atoms with Gasteiger partial charge in [-0.05, 0) is 24.5 Å². The van der Waals surface area contributed by atoms with Crippen LogP contribution in [0.4, 0.5) is 0 Å². The van der Waals surface area contributed by atoms with E-state index in [1.54, 1.807) is 0 Å². The Morgan fingerprint density at radius 3 is 2.60 bits per heavy atom. The molecule has 0 unspecified atom stereocenters. The highest BCUT2D eigenvalue weighted by atomic mass is 127. The lowest BCUT2D eigenvalue weighted by atomic mass is 10.1. The fourth-order valence-corrected chi connectivity index (χ4v) is 1.57. The van der Waals surface area contributed by atoms with Gasteiger partial charge in [0.15, 0.2) is 0 Å². The Kier molecular flexibility index (Phi) is 3.19. The molecule has 0 aromatic heterocycles. The van der Waals surface area contributed by atoms with E-state index in [1.165, 1.54) is 22.0 Å². The molecule has 1 aromatic rings. The van der Waals surface area contributed by atoms with Crippen LogP contribution < -0.4 is 0 Å². The Balaban J connectivity index is 2.81. The third kappa shape index (κ3) is 1.97. The topological polar surface area (TPSA) is 0 Å². The van der Waals surface area contributed by atoms with Gasteiger partial charge < -0.3 is 0 Å². The van der Waals surface area contributed by atoms with E-state index in [0.29, 0.717) is 0 Å². The first-order valence-electron chi connectivity index (χ1n) is 3.45. The summed E-state index contributed by atoms with van der Waals surface area (Å²) in [6.45, 7) is 2.17. The van der Waals surface area contributed by atoms with Crippen LogP contribution >= 0.6 is 22.6 Å². The lowest BCUT2D eigenvalue weighted by Crippen LogP contribution is -1.88. The number of aryl methyl sites for hydroxylation is 2. The van der Waals surface area contributed by atoms with E-state index in [9.17, 15) is 0 Å². The molecule has 0 fully saturated rings. The third-order valence-corrected chi connectivity index (χ3v) is 2.16. The maximum atomic E-state index is 2.41. The first-order chi connectivity index (χ1) is 4.84. The van der Waals surface area contributed by atoms with Gasteiger partial charge >= 0.3 is 0 Å². The molecule has 54 valence electrons. The largest absolute Gasteiger partial charge is 0.0860 e. The highest BCUT2D eigenvalue weighted by Gasteiger charge is 1.92. The van der Waals surface area contributed by atoms with Crippen LogP contribution in [-0.4, -0.2) is 4.43 Å². The van der Waals surface area contributed by atoms with Crippen LogP contribution in [0.3, 0.4) is 0 Å². The molecule has 0 amide bonds. The first-order valence-corrected chi connectivity index (χ1v) is 4.97. The molecule has 0 aliphatic heterocycles. The van der Waals surface area contributed by atoms with E-state index in [4.69, 9.17) is 0 Å². The van der Waals surface area contributed by atoms with E-state index in [0.717, 1.165) is 0 Å². The first kappa shape index (κ1) is 8.05. The predicted molar refractivity (Wildman–Crippen MR) is 53.8 cm³/mol. The van der Waals surface area contributed by atoms with Gasteiger partial charge in [0.05, 0.1) is 0 Å². The molecule has 0 atom stereocenters. The van der Waals surface area contributed by atoms with Crippen LogP contribution in [0.15, 0.2) is 24.3 Å². The lowest BCUT2D eigenvalue weighted by molar-refractivity contribution is 1.14. The summed E-state index contributed by atoms with van der Waals surface area (Å²) >= 11 is 2.41. The summed E-state index contributed by atoms with van der Waals surface area (Å²) in [5, 5.41) is 0. The van der Waals surface area contributed by atoms with Crippen LogP contribution in [0, 0.1) is 6.92 Å². The molecular formula is C9H11I. The van der Waals surface area contributed by atoms with Crippen molar-refractivity contribution >= 4 is 22.6 Å². The number of alkyl halides is 1. The van der Waals surface area contributed by atoms with Gasteiger partial charge in [-0.3, -0.25) is 0 Å². The van der Waals surface area contributed by atoms with Crippen molar-refractivity contribution in [1.29, 1.82) is 0 Å². The molecule has 0 N–H and O–H groups in total. The Morgan fingerprint density at radius 2 is 2.00 bits per heavy atom. The second kappa shape index (κ2) is 3.96. The zero-order valence-electron chi connectivity index (χ0n) is 6.10. The quantitative estimate of drug-likeness (QED) is 0.556. The van der Waals surface area contributed by atoms with E-state index >= 15 is 0 Å². The molecule has 0 aliphatic rings. The maximum Gasteiger partial charge on any atom is 0.00359 e. The third-order valence-electron chi connectivity index (χ3n) is 1.63. The summed E-state index contributed by atoms with van der Waals surface area (Å²) in [7, 11) is 0. The van der Waals surface area contributed by atoms with Crippen LogP contribution in [-0.2, 0) is 6.42 Å². The summed E-state index contributed by atoms with van der Waals surface area (Å²) in [6, 6.07) is 8.57. The summed E-state index contributed by atoms with van der Waals surface area (Å²) in [5.41, 5.74) is 2.90. The Bertz CT molecular complexity index is 206. The maximum absolute atomic E-state index is 2.41. The van der Waals surface area contributed by atoms with Crippen molar-refractivity contribution in [2.45, 2.75) is 13.3 Å². The summed E-state index contributed by atoms with van der Waals surface area (Å²) in [6.07, 6.45) is 1.20. The summed E-state index contributed by atoms with van der Waals surface area (Å²) in [4.78, 5) is 0. The number of rotatable bonds is 2. The molecule has 0 heterocycles. The van der Waals surface area contributed by atoms with Crippen molar-refractivity contribution in [3.05, 3.63) is 35.4 Å². The van der Waals surface area contributed by atoms with Gasteiger partial charge in [-0.25, -0.2) is 0 Å². The van der Waals surface area contributed by atoms with Crippen LogP contribution in [0.2, 0.25) is 0 Å². The molecule has 0 saturated heterocycles. The minimum Gasteiger partial charge on any atom is -0.0860 e. The molecule has 1 aromatic carbocycles. The number of hydrogen-bond donors (Lipinski definition) is 0. The summed E-state index contributed by atoms with van der Waals surface area (Å²) in [5.74, 6) is 0. The average Bonchev–Trinajstić information content (AvgIpc) is 1.94. The van der Waals surface area contributed by atoms with Gasteiger partial charge in [-0.15, -0.1) is 0 Å². The SMILES string of the molecule is Cc1ccccc1CCI. The molecule has 1 heteroatoms. The van der Waals surface area contributed by atoms with Crippen LogP contribution in [0.25, 0.3) is 0 Å². The van der Waals surface area contributed by atoms with E-state index in [1.807, 2.05) is 0 Å². The van der Waals surface area contributed by atoms with Gasteiger partial charge in [-0.2, -0.15) is 0 Å². The van der Waals surface area contributed by atoms with Crippen molar-refractivity contribution in [3.63, 3.8) is 0 Å². The molecule has 0 radical (unpaired) electrons. The van der Waals surface area contributed by atoms with E-state index < -0.39 is 0 Å². The number of hydrogen-bond acceptors (Lipinski definition) is 0. The zero-order valence-corrected chi connectivity index (χ0v) is 8.26. The van der Waals surface area contributed by atoms with Crippen molar-refractivity contribution in [2.24, 2.45) is 0 Å². The molecule has 0 aliphatic carbocycles. The molecule has 0 saturated carbocycles. The number of benzene rings is 1. The normalized spacial score (nSPS) is 9.80. The van der Waals surface area contributed by atoms with Crippen molar-refractivity contribution in [2.75, 3.05) is 4.43 Å². The zero-order chi connectivity index (χ0) is 7.40. The smallest absolute Gasteiger partial charge is 0.00359 e. The lowest BCUT2D eigenvalue weighted by Gasteiger charge is -2.00. The van der Waals surface area contributed by atoms with Crippen LogP contribution in [0.5, 0.6) is 0 Å². The Labute approximate surface area is 75.8 Å². The monoisotopic (exact) mass is 246 g/mol. The van der Waals surface area contributed by atoms with Gasteiger partial charge in [0.1, 0.15) is 0 Å². The van der Waals surface area contributed by atoms with Gasteiger partial charge in [0.2, 0.25) is 0 Å². The second-order valence-electron chi connectivity index (χ2n) is 2.37. The molecule has 10 heavy (non-hydrogen) atoms. The highest BCUT2D eigenvalue weighted by molar-refractivity contribution is 14.1. The Hall–Kier alpha value is -0.0500. The fraction of sp³-hybridized carbons (Fsp3) is 0.333. The summed E-state index contributed by atoms with van der Waals surface area (Å²) < 4.78 is 1.21.